The molecule has 7 nitrogen and oxygen atoms in total. The van der Waals surface area contributed by atoms with Crippen molar-refractivity contribution in [2.24, 2.45) is 0 Å². The zero-order chi connectivity index (χ0) is 18.8. The van der Waals surface area contributed by atoms with E-state index in [1.807, 2.05) is 24.4 Å². The summed E-state index contributed by atoms with van der Waals surface area (Å²) in [5, 5.41) is 10.7. The van der Waals surface area contributed by atoms with E-state index in [-0.39, 0.29) is 12.0 Å². The summed E-state index contributed by atoms with van der Waals surface area (Å²) in [5.41, 5.74) is 2.08. The first-order valence-electron chi connectivity index (χ1n) is 9.07. The van der Waals surface area contributed by atoms with E-state index in [2.05, 4.69) is 25.8 Å². The van der Waals surface area contributed by atoms with Crippen molar-refractivity contribution in [3.63, 3.8) is 0 Å². The summed E-state index contributed by atoms with van der Waals surface area (Å²) in [6.07, 6.45) is 4.25. The summed E-state index contributed by atoms with van der Waals surface area (Å²) in [4.78, 5) is 16.9. The SMILES string of the molecule is CN(C)C(=O)CSc1nnc(-c2c[nH]c3ccccc23)n1CC1CCCO1. The molecule has 3 heterocycles. The van der Waals surface area contributed by atoms with Crippen molar-refractivity contribution in [1.82, 2.24) is 24.6 Å². The van der Waals surface area contributed by atoms with E-state index in [0.29, 0.717) is 12.3 Å². The van der Waals surface area contributed by atoms with Crippen LogP contribution in [0.4, 0.5) is 0 Å². The number of aromatic nitrogens is 4. The topological polar surface area (TPSA) is 76.0 Å². The van der Waals surface area contributed by atoms with Crippen LogP contribution in [0.5, 0.6) is 0 Å². The number of H-pyrrole nitrogens is 1. The highest BCUT2D eigenvalue weighted by atomic mass is 32.2. The second kappa shape index (κ2) is 7.74. The van der Waals surface area contributed by atoms with Crippen LogP contribution in [0.25, 0.3) is 22.3 Å². The van der Waals surface area contributed by atoms with Gasteiger partial charge in [0, 0.05) is 43.4 Å². The van der Waals surface area contributed by atoms with Gasteiger partial charge in [0.15, 0.2) is 11.0 Å². The lowest BCUT2D eigenvalue weighted by Gasteiger charge is -2.15. The molecule has 1 atom stereocenters. The molecule has 1 fully saturated rings. The van der Waals surface area contributed by atoms with E-state index in [4.69, 9.17) is 4.74 Å². The first-order chi connectivity index (χ1) is 13.1. The Kier molecular flexibility index (Phi) is 5.18. The number of rotatable bonds is 6. The fraction of sp³-hybridized carbons (Fsp3) is 0.421. The Balaban J connectivity index is 1.69. The van der Waals surface area contributed by atoms with E-state index in [1.165, 1.54) is 11.8 Å². The van der Waals surface area contributed by atoms with Gasteiger partial charge in [0.1, 0.15) is 0 Å². The molecular weight excluding hydrogens is 362 g/mol. The zero-order valence-electron chi connectivity index (χ0n) is 15.5. The number of amides is 1. The molecule has 1 unspecified atom stereocenters. The van der Waals surface area contributed by atoms with Crippen LogP contribution in [-0.2, 0) is 16.1 Å². The number of nitrogens with zero attached hydrogens (tertiary/aromatic N) is 4. The summed E-state index contributed by atoms with van der Waals surface area (Å²) in [7, 11) is 3.52. The molecule has 0 bridgehead atoms. The van der Waals surface area contributed by atoms with Gasteiger partial charge in [0.05, 0.1) is 18.4 Å². The van der Waals surface area contributed by atoms with Crippen molar-refractivity contribution in [3.8, 4) is 11.4 Å². The molecule has 4 rings (SSSR count). The van der Waals surface area contributed by atoms with Crippen LogP contribution in [0.3, 0.4) is 0 Å². The average Bonchev–Trinajstić information content (AvgIpc) is 3.40. The molecule has 0 radical (unpaired) electrons. The van der Waals surface area contributed by atoms with Gasteiger partial charge in [-0.3, -0.25) is 9.36 Å². The molecule has 8 heteroatoms. The summed E-state index contributed by atoms with van der Waals surface area (Å²) >= 11 is 1.42. The third-order valence-corrected chi connectivity index (χ3v) is 5.73. The molecule has 0 spiro atoms. The molecule has 142 valence electrons. The molecule has 0 aliphatic carbocycles. The number of thioether (sulfide) groups is 1. The second-order valence-electron chi connectivity index (χ2n) is 6.88. The fourth-order valence-corrected chi connectivity index (χ4v) is 4.19. The first kappa shape index (κ1) is 18.1. The van der Waals surface area contributed by atoms with Crippen LogP contribution >= 0.6 is 11.8 Å². The lowest BCUT2D eigenvalue weighted by atomic mass is 10.1. The second-order valence-corrected chi connectivity index (χ2v) is 7.82. The largest absolute Gasteiger partial charge is 0.376 e. The van der Waals surface area contributed by atoms with Crippen molar-refractivity contribution in [1.29, 1.82) is 0 Å². The Bertz CT molecular complexity index is 943. The lowest BCUT2D eigenvalue weighted by Crippen LogP contribution is -2.24. The molecule has 1 aliphatic rings. The minimum Gasteiger partial charge on any atom is -0.376 e. The van der Waals surface area contributed by atoms with Crippen molar-refractivity contribution >= 4 is 28.6 Å². The molecule has 1 N–H and O–H groups in total. The van der Waals surface area contributed by atoms with Gasteiger partial charge in [-0.15, -0.1) is 10.2 Å². The number of benzene rings is 1. The van der Waals surface area contributed by atoms with Crippen LogP contribution < -0.4 is 0 Å². The molecule has 0 saturated carbocycles. The Hall–Kier alpha value is -2.32. The summed E-state index contributed by atoms with van der Waals surface area (Å²) in [5.74, 6) is 1.20. The van der Waals surface area contributed by atoms with Crippen LogP contribution in [-0.4, -0.2) is 63.1 Å². The Morgan fingerprint density at radius 2 is 2.22 bits per heavy atom. The highest BCUT2D eigenvalue weighted by molar-refractivity contribution is 7.99. The van der Waals surface area contributed by atoms with Gasteiger partial charge in [-0.25, -0.2) is 0 Å². The number of nitrogens with one attached hydrogen (secondary N) is 1. The summed E-state index contributed by atoms with van der Waals surface area (Å²) in [6.45, 7) is 1.50. The normalized spacial score (nSPS) is 16.9. The Morgan fingerprint density at radius 1 is 1.37 bits per heavy atom. The van der Waals surface area contributed by atoms with Gasteiger partial charge in [-0.1, -0.05) is 30.0 Å². The van der Waals surface area contributed by atoms with Crippen molar-refractivity contribution in [3.05, 3.63) is 30.5 Å². The van der Waals surface area contributed by atoms with Crippen LogP contribution in [0.2, 0.25) is 0 Å². The smallest absolute Gasteiger partial charge is 0.232 e. The number of carbonyl (C=O) groups is 1. The highest BCUT2D eigenvalue weighted by Crippen LogP contribution is 2.31. The van der Waals surface area contributed by atoms with E-state index >= 15 is 0 Å². The molecule has 3 aromatic rings. The number of carbonyl (C=O) groups excluding carboxylic acids is 1. The molecule has 27 heavy (non-hydrogen) atoms. The molecule has 2 aromatic heterocycles. The Labute approximate surface area is 162 Å². The van der Waals surface area contributed by atoms with E-state index in [9.17, 15) is 4.79 Å². The monoisotopic (exact) mass is 385 g/mol. The fourth-order valence-electron chi connectivity index (χ4n) is 3.26. The minimum absolute atomic E-state index is 0.0558. The van der Waals surface area contributed by atoms with Gasteiger partial charge >= 0.3 is 0 Å². The lowest BCUT2D eigenvalue weighted by molar-refractivity contribution is -0.125. The highest BCUT2D eigenvalue weighted by Gasteiger charge is 2.23. The molecular formula is C19H23N5O2S. The summed E-state index contributed by atoms with van der Waals surface area (Å²) in [6, 6.07) is 8.15. The number of hydrogen-bond acceptors (Lipinski definition) is 5. The van der Waals surface area contributed by atoms with Crippen molar-refractivity contribution in [2.45, 2.75) is 30.6 Å². The minimum atomic E-state index is 0.0558. The maximum absolute atomic E-state index is 12.0. The van der Waals surface area contributed by atoms with Gasteiger partial charge in [-0.05, 0) is 18.9 Å². The predicted molar refractivity (Wildman–Crippen MR) is 106 cm³/mol. The summed E-state index contributed by atoms with van der Waals surface area (Å²) < 4.78 is 7.93. The van der Waals surface area contributed by atoms with Crippen LogP contribution in [0.1, 0.15) is 12.8 Å². The maximum Gasteiger partial charge on any atom is 0.232 e. The molecule has 1 amide bonds. The van der Waals surface area contributed by atoms with E-state index < -0.39 is 0 Å². The predicted octanol–water partition coefficient (Wildman–Crippen LogP) is 2.79. The third kappa shape index (κ3) is 3.72. The van der Waals surface area contributed by atoms with Gasteiger partial charge < -0.3 is 14.6 Å². The average molecular weight is 385 g/mol. The van der Waals surface area contributed by atoms with Gasteiger partial charge in [0.25, 0.3) is 0 Å². The molecule has 1 aliphatic heterocycles. The van der Waals surface area contributed by atoms with E-state index in [0.717, 1.165) is 46.9 Å². The first-order valence-corrected chi connectivity index (χ1v) is 10.1. The van der Waals surface area contributed by atoms with Gasteiger partial charge in [-0.2, -0.15) is 0 Å². The third-order valence-electron chi connectivity index (χ3n) is 4.78. The number of hydrogen-bond donors (Lipinski definition) is 1. The Morgan fingerprint density at radius 3 is 3.00 bits per heavy atom. The quantitative estimate of drug-likeness (QED) is 0.661. The molecule has 1 aromatic carbocycles. The van der Waals surface area contributed by atoms with Crippen LogP contribution in [0, 0.1) is 0 Å². The number of fused-ring (bicyclic) bond motifs is 1. The maximum atomic E-state index is 12.0. The zero-order valence-corrected chi connectivity index (χ0v) is 16.3. The standard InChI is InChI=1S/C19H23N5O2S/c1-23(2)17(25)12-27-19-22-21-18(24(19)11-13-6-5-9-26-13)15-10-20-16-8-4-3-7-14(15)16/h3-4,7-8,10,13,20H,5-6,9,11-12H2,1-2H3. The number of ether oxygens (including phenoxy) is 1. The number of para-hydroxylation sites is 1. The van der Waals surface area contributed by atoms with Crippen molar-refractivity contribution in [2.75, 3.05) is 26.5 Å². The van der Waals surface area contributed by atoms with E-state index in [1.54, 1.807) is 19.0 Å². The van der Waals surface area contributed by atoms with Crippen LogP contribution in [0.15, 0.2) is 35.6 Å². The number of aromatic amines is 1. The van der Waals surface area contributed by atoms with Crippen molar-refractivity contribution < 1.29 is 9.53 Å². The van der Waals surface area contributed by atoms with Gasteiger partial charge in [0.2, 0.25) is 5.91 Å². The molecule has 1 saturated heterocycles.